The maximum Gasteiger partial charge on any atom is 0.123 e. The van der Waals surface area contributed by atoms with Gasteiger partial charge in [0.15, 0.2) is 0 Å². The molecule has 0 aliphatic heterocycles. The first-order valence-electron chi connectivity index (χ1n) is 6.22. The monoisotopic (exact) mass is 260 g/mol. The molecule has 0 bridgehead atoms. The van der Waals surface area contributed by atoms with Gasteiger partial charge in [-0.05, 0) is 25.0 Å². The summed E-state index contributed by atoms with van der Waals surface area (Å²) in [7, 11) is 3.58. The number of hydrogen-bond donors (Lipinski definition) is 2. The summed E-state index contributed by atoms with van der Waals surface area (Å²) in [4.78, 5) is 0. The SMILES string of the molecule is COc1ccc(C)cc1C(Cc1cnn(C)c1)NN. The van der Waals surface area contributed by atoms with E-state index >= 15 is 0 Å². The van der Waals surface area contributed by atoms with E-state index in [0.29, 0.717) is 0 Å². The number of ether oxygens (including phenoxy) is 1. The van der Waals surface area contributed by atoms with E-state index in [1.165, 1.54) is 5.56 Å². The van der Waals surface area contributed by atoms with E-state index in [9.17, 15) is 0 Å². The third-order valence-corrected chi connectivity index (χ3v) is 3.16. The zero-order valence-corrected chi connectivity index (χ0v) is 11.6. The van der Waals surface area contributed by atoms with Gasteiger partial charge in [0, 0.05) is 18.8 Å². The Labute approximate surface area is 113 Å². The van der Waals surface area contributed by atoms with Crippen LogP contribution in [0.25, 0.3) is 0 Å². The van der Waals surface area contributed by atoms with Crippen molar-refractivity contribution < 1.29 is 4.74 Å². The molecule has 0 saturated heterocycles. The molecule has 3 N–H and O–H groups in total. The molecule has 102 valence electrons. The molecule has 0 aliphatic rings. The molecule has 0 aliphatic carbocycles. The Hall–Kier alpha value is -1.85. The maximum absolute atomic E-state index is 5.70. The third-order valence-electron chi connectivity index (χ3n) is 3.16. The summed E-state index contributed by atoms with van der Waals surface area (Å²) in [5.74, 6) is 6.55. The fraction of sp³-hybridized carbons (Fsp3) is 0.357. The number of nitrogens with two attached hydrogens (primary N) is 1. The lowest BCUT2D eigenvalue weighted by Crippen LogP contribution is -2.29. The van der Waals surface area contributed by atoms with Crippen LogP contribution in [0, 0.1) is 6.92 Å². The Kier molecular flexibility index (Phi) is 4.19. The summed E-state index contributed by atoms with van der Waals surface area (Å²) in [6.45, 7) is 2.06. The van der Waals surface area contributed by atoms with Crippen molar-refractivity contribution in [2.45, 2.75) is 19.4 Å². The van der Waals surface area contributed by atoms with Crippen LogP contribution >= 0.6 is 0 Å². The highest BCUT2D eigenvalue weighted by Gasteiger charge is 2.16. The van der Waals surface area contributed by atoms with Crippen LogP contribution in [0.3, 0.4) is 0 Å². The predicted octanol–water partition coefficient (Wildman–Crippen LogP) is 1.48. The molecular weight excluding hydrogens is 240 g/mol. The van der Waals surface area contributed by atoms with Crippen molar-refractivity contribution in [1.29, 1.82) is 0 Å². The average Bonchev–Trinajstić information content (AvgIpc) is 2.81. The van der Waals surface area contributed by atoms with E-state index in [1.54, 1.807) is 11.8 Å². The summed E-state index contributed by atoms with van der Waals surface area (Å²) in [5, 5.41) is 4.17. The molecule has 0 amide bonds. The van der Waals surface area contributed by atoms with Crippen LogP contribution < -0.4 is 16.0 Å². The zero-order valence-electron chi connectivity index (χ0n) is 11.6. The van der Waals surface area contributed by atoms with Gasteiger partial charge < -0.3 is 4.74 Å². The number of nitrogens with zero attached hydrogens (tertiary/aromatic N) is 2. The molecule has 0 radical (unpaired) electrons. The van der Waals surface area contributed by atoms with Crippen LogP contribution in [0.2, 0.25) is 0 Å². The van der Waals surface area contributed by atoms with Crippen molar-refractivity contribution in [3.05, 3.63) is 47.3 Å². The van der Waals surface area contributed by atoms with Gasteiger partial charge >= 0.3 is 0 Å². The van der Waals surface area contributed by atoms with Crippen molar-refractivity contribution in [2.24, 2.45) is 12.9 Å². The molecule has 5 heteroatoms. The van der Waals surface area contributed by atoms with Crippen molar-refractivity contribution in [1.82, 2.24) is 15.2 Å². The molecule has 19 heavy (non-hydrogen) atoms. The minimum absolute atomic E-state index is 0.000880. The lowest BCUT2D eigenvalue weighted by molar-refractivity contribution is 0.399. The standard InChI is InChI=1S/C14H20N4O/c1-10-4-5-14(19-3)12(6-10)13(17-15)7-11-8-16-18(2)9-11/h4-6,8-9,13,17H,7,15H2,1-3H3. The first-order chi connectivity index (χ1) is 9.13. The van der Waals surface area contributed by atoms with Gasteiger partial charge in [-0.3, -0.25) is 16.0 Å². The van der Waals surface area contributed by atoms with E-state index in [0.717, 1.165) is 23.3 Å². The van der Waals surface area contributed by atoms with Crippen LogP contribution in [0.4, 0.5) is 0 Å². The molecule has 1 aromatic heterocycles. The molecule has 1 atom stereocenters. The van der Waals surface area contributed by atoms with E-state index < -0.39 is 0 Å². The minimum Gasteiger partial charge on any atom is -0.496 e. The van der Waals surface area contributed by atoms with Crippen molar-refractivity contribution in [2.75, 3.05) is 7.11 Å². The van der Waals surface area contributed by atoms with E-state index in [2.05, 4.69) is 23.5 Å². The summed E-state index contributed by atoms with van der Waals surface area (Å²) >= 11 is 0. The number of methoxy groups -OCH3 is 1. The molecule has 0 spiro atoms. The van der Waals surface area contributed by atoms with Crippen molar-refractivity contribution in [3.8, 4) is 5.75 Å². The maximum atomic E-state index is 5.70. The molecule has 1 aromatic carbocycles. The first kappa shape index (κ1) is 13.6. The molecule has 1 unspecified atom stereocenters. The van der Waals surface area contributed by atoms with Crippen LogP contribution in [-0.2, 0) is 13.5 Å². The fourth-order valence-corrected chi connectivity index (χ4v) is 2.20. The van der Waals surface area contributed by atoms with Crippen LogP contribution in [0.5, 0.6) is 5.75 Å². The van der Waals surface area contributed by atoms with Crippen LogP contribution in [0.1, 0.15) is 22.7 Å². The van der Waals surface area contributed by atoms with E-state index in [-0.39, 0.29) is 6.04 Å². The quantitative estimate of drug-likeness (QED) is 0.631. The summed E-state index contributed by atoms with van der Waals surface area (Å²) in [6, 6.07) is 6.09. The second-order valence-corrected chi connectivity index (χ2v) is 4.69. The average molecular weight is 260 g/mol. The number of aryl methyl sites for hydroxylation is 2. The molecule has 5 nitrogen and oxygen atoms in total. The van der Waals surface area contributed by atoms with Crippen LogP contribution in [0.15, 0.2) is 30.6 Å². The fourth-order valence-electron chi connectivity index (χ4n) is 2.20. The summed E-state index contributed by atoms with van der Waals surface area (Å²) < 4.78 is 7.20. The number of hydrogen-bond acceptors (Lipinski definition) is 4. The van der Waals surface area contributed by atoms with Crippen molar-refractivity contribution in [3.63, 3.8) is 0 Å². The number of hydrazine groups is 1. The Morgan fingerprint density at radius 3 is 2.84 bits per heavy atom. The van der Waals surface area contributed by atoms with E-state index in [1.807, 2.05) is 31.6 Å². The van der Waals surface area contributed by atoms with Gasteiger partial charge in [-0.15, -0.1) is 0 Å². The van der Waals surface area contributed by atoms with Gasteiger partial charge in [0.1, 0.15) is 5.75 Å². The highest BCUT2D eigenvalue weighted by atomic mass is 16.5. The molecular formula is C14H20N4O. The first-order valence-corrected chi connectivity index (χ1v) is 6.22. The second kappa shape index (κ2) is 5.86. The molecule has 2 aromatic rings. The molecule has 2 rings (SSSR count). The van der Waals surface area contributed by atoms with Gasteiger partial charge in [-0.1, -0.05) is 17.7 Å². The van der Waals surface area contributed by atoms with Gasteiger partial charge in [-0.2, -0.15) is 5.10 Å². The lowest BCUT2D eigenvalue weighted by atomic mass is 9.98. The highest BCUT2D eigenvalue weighted by molar-refractivity contribution is 5.39. The Morgan fingerprint density at radius 2 is 2.26 bits per heavy atom. The number of rotatable bonds is 5. The van der Waals surface area contributed by atoms with Gasteiger partial charge in [0.05, 0.1) is 19.3 Å². The molecule has 1 heterocycles. The Balaban J connectivity index is 2.28. The number of nitrogens with one attached hydrogen (secondary N) is 1. The Morgan fingerprint density at radius 1 is 1.47 bits per heavy atom. The largest absolute Gasteiger partial charge is 0.496 e. The molecule has 0 saturated carbocycles. The zero-order chi connectivity index (χ0) is 13.8. The van der Waals surface area contributed by atoms with Gasteiger partial charge in [-0.25, -0.2) is 0 Å². The third kappa shape index (κ3) is 3.13. The second-order valence-electron chi connectivity index (χ2n) is 4.69. The Bertz CT molecular complexity index is 550. The summed E-state index contributed by atoms with van der Waals surface area (Å²) in [6.07, 6.45) is 4.61. The highest BCUT2D eigenvalue weighted by Crippen LogP contribution is 2.28. The van der Waals surface area contributed by atoms with E-state index in [4.69, 9.17) is 10.6 Å². The van der Waals surface area contributed by atoms with Crippen LogP contribution in [-0.4, -0.2) is 16.9 Å². The summed E-state index contributed by atoms with van der Waals surface area (Å²) in [5.41, 5.74) is 6.24. The number of benzene rings is 1. The molecule has 0 fully saturated rings. The topological polar surface area (TPSA) is 65.1 Å². The normalized spacial score (nSPS) is 12.4. The number of aromatic nitrogens is 2. The van der Waals surface area contributed by atoms with Crippen molar-refractivity contribution >= 4 is 0 Å². The lowest BCUT2D eigenvalue weighted by Gasteiger charge is -2.19. The minimum atomic E-state index is -0.000880. The van der Waals surface area contributed by atoms with Gasteiger partial charge in [0.25, 0.3) is 0 Å². The smallest absolute Gasteiger partial charge is 0.123 e. The van der Waals surface area contributed by atoms with Gasteiger partial charge in [0.2, 0.25) is 0 Å². The predicted molar refractivity (Wildman–Crippen MR) is 74.7 cm³/mol.